The quantitative estimate of drug-likeness (QED) is 0.537. The molecule has 2 aliphatic heterocycles. The van der Waals surface area contributed by atoms with Gasteiger partial charge in [-0.2, -0.15) is 22.5 Å². The fraction of sp³-hybridized carbons (Fsp3) is 0.429. The van der Waals surface area contributed by atoms with E-state index in [0.29, 0.717) is 12.2 Å². The number of benzene rings is 1. The van der Waals surface area contributed by atoms with Gasteiger partial charge in [-0.15, -0.1) is 0 Å². The Morgan fingerprint density at radius 2 is 1.92 bits per heavy atom. The first-order chi connectivity index (χ1) is 11.8. The molecule has 2 N–H and O–H groups in total. The maximum atomic E-state index is 12.9. The predicted octanol–water partition coefficient (Wildman–Crippen LogP) is -0.370. The van der Waals surface area contributed by atoms with Crippen LogP contribution in [0.3, 0.4) is 0 Å². The topological polar surface area (TPSA) is 116 Å². The van der Waals surface area contributed by atoms with Gasteiger partial charge in [0.15, 0.2) is 0 Å². The van der Waals surface area contributed by atoms with Crippen LogP contribution in [0.15, 0.2) is 24.3 Å². The molecule has 25 heavy (non-hydrogen) atoms. The van der Waals surface area contributed by atoms with Gasteiger partial charge in [0.1, 0.15) is 23.7 Å². The Morgan fingerprint density at radius 1 is 1.24 bits per heavy atom. The number of amides is 2. The molecule has 9 nitrogen and oxygen atoms in total. The van der Waals surface area contributed by atoms with E-state index in [1.807, 2.05) is 0 Å². The molecule has 136 valence electrons. The van der Waals surface area contributed by atoms with E-state index in [2.05, 4.69) is 4.72 Å². The summed E-state index contributed by atoms with van der Waals surface area (Å²) in [7, 11) is -4.02. The number of hydroxylamine groups is 2. The normalized spacial score (nSPS) is 25.0. The lowest BCUT2D eigenvalue weighted by Crippen LogP contribution is -2.47. The molecule has 0 aliphatic carbocycles. The molecule has 2 aliphatic rings. The summed E-state index contributed by atoms with van der Waals surface area (Å²) in [5.74, 6) is -1.85. The number of carbonyl (C=O) groups excluding carboxylic acids is 2. The highest BCUT2D eigenvalue weighted by Crippen LogP contribution is 2.21. The lowest BCUT2D eigenvalue weighted by Gasteiger charge is -2.19. The van der Waals surface area contributed by atoms with Crippen LogP contribution < -0.4 is 9.46 Å². The van der Waals surface area contributed by atoms with E-state index < -0.39 is 46.4 Å². The number of nitrogens with one attached hydrogen (secondary N) is 1. The van der Waals surface area contributed by atoms with E-state index in [9.17, 15) is 22.4 Å². The number of hydrogen-bond acceptors (Lipinski definition) is 6. The van der Waals surface area contributed by atoms with Crippen molar-refractivity contribution >= 4 is 22.0 Å². The lowest BCUT2D eigenvalue weighted by atomic mass is 10.3. The Morgan fingerprint density at radius 3 is 2.52 bits per heavy atom. The van der Waals surface area contributed by atoms with E-state index in [0.717, 1.165) is 4.31 Å². The molecule has 0 spiro atoms. The van der Waals surface area contributed by atoms with Crippen molar-refractivity contribution in [3.63, 3.8) is 0 Å². The molecule has 11 heteroatoms. The molecular formula is C14H16FN3O6S. The van der Waals surface area contributed by atoms with Gasteiger partial charge in [0, 0.05) is 6.54 Å². The van der Waals surface area contributed by atoms with E-state index >= 15 is 0 Å². The first-order valence-corrected chi connectivity index (χ1v) is 8.95. The Kier molecular flexibility index (Phi) is 4.73. The van der Waals surface area contributed by atoms with Crippen molar-refractivity contribution in [3.05, 3.63) is 30.1 Å². The molecule has 2 saturated heterocycles. The van der Waals surface area contributed by atoms with Gasteiger partial charge in [-0.1, -0.05) is 0 Å². The monoisotopic (exact) mass is 373 g/mol. The number of hydrogen-bond donors (Lipinski definition) is 2. The zero-order valence-electron chi connectivity index (χ0n) is 13.0. The third kappa shape index (κ3) is 3.79. The first kappa shape index (κ1) is 17.7. The average Bonchev–Trinajstić information content (AvgIpc) is 3.12. The van der Waals surface area contributed by atoms with Crippen molar-refractivity contribution in [2.45, 2.75) is 25.0 Å². The molecule has 0 bridgehead atoms. The standard InChI is InChI=1S/C14H16FN3O6S/c15-9-1-3-10(4-2-9)24-11-5-6-17(8-11)25(22,23)16-12-7-13(19)18(21)14(12)20/h1-4,11-12,16,21H,5-8H2/t11?,12-/m0/s1. The van der Waals surface area contributed by atoms with Gasteiger partial charge in [-0.25, -0.2) is 4.39 Å². The Labute approximate surface area is 143 Å². The molecule has 0 saturated carbocycles. The number of halogens is 1. The third-order valence-electron chi connectivity index (χ3n) is 3.98. The number of carbonyl (C=O) groups is 2. The summed E-state index contributed by atoms with van der Waals surface area (Å²) in [6, 6.07) is 4.06. The molecule has 2 heterocycles. The zero-order valence-corrected chi connectivity index (χ0v) is 13.8. The molecular weight excluding hydrogens is 357 g/mol. The number of imide groups is 1. The largest absolute Gasteiger partial charge is 0.489 e. The SMILES string of the molecule is O=C1C[C@H](NS(=O)(=O)N2CCC(Oc3ccc(F)cc3)C2)C(=O)N1O. The Hall–Kier alpha value is -2.08. The van der Waals surface area contributed by atoms with E-state index in [4.69, 9.17) is 9.94 Å². The van der Waals surface area contributed by atoms with Crippen molar-refractivity contribution in [2.75, 3.05) is 13.1 Å². The van der Waals surface area contributed by atoms with Gasteiger partial charge >= 0.3 is 0 Å². The summed E-state index contributed by atoms with van der Waals surface area (Å²) in [5, 5.41) is 9.08. The molecule has 2 atom stereocenters. The molecule has 0 radical (unpaired) electrons. The molecule has 1 aromatic carbocycles. The summed E-state index contributed by atoms with van der Waals surface area (Å²) in [6.07, 6.45) is -0.433. The lowest BCUT2D eigenvalue weighted by molar-refractivity contribution is -0.171. The maximum Gasteiger partial charge on any atom is 0.280 e. The fourth-order valence-corrected chi connectivity index (χ4v) is 4.08. The Bertz CT molecular complexity index is 784. The van der Waals surface area contributed by atoms with Crippen LogP contribution in [-0.4, -0.2) is 60.0 Å². The number of nitrogens with zero attached hydrogens (tertiary/aromatic N) is 2. The van der Waals surface area contributed by atoms with Gasteiger partial charge in [-0.3, -0.25) is 14.8 Å². The highest BCUT2D eigenvalue weighted by Gasteiger charge is 2.42. The molecule has 2 amide bonds. The second kappa shape index (κ2) is 6.67. The molecule has 1 aromatic rings. The molecule has 3 rings (SSSR count). The van der Waals surface area contributed by atoms with Gasteiger partial charge < -0.3 is 4.74 Å². The minimum atomic E-state index is -4.02. The molecule has 0 aromatic heterocycles. The van der Waals surface area contributed by atoms with Crippen LogP contribution in [0.1, 0.15) is 12.8 Å². The van der Waals surface area contributed by atoms with Crippen molar-refractivity contribution in [2.24, 2.45) is 0 Å². The van der Waals surface area contributed by atoms with Crippen LogP contribution in [-0.2, 0) is 19.8 Å². The Balaban J connectivity index is 1.60. The minimum absolute atomic E-state index is 0.0460. The van der Waals surface area contributed by atoms with Crippen LogP contribution in [0.2, 0.25) is 0 Å². The summed E-state index contributed by atoms with van der Waals surface area (Å²) >= 11 is 0. The maximum absolute atomic E-state index is 12.9. The van der Waals surface area contributed by atoms with Crippen molar-refractivity contribution < 1.29 is 32.3 Å². The average molecular weight is 373 g/mol. The first-order valence-electron chi connectivity index (χ1n) is 7.51. The summed E-state index contributed by atoms with van der Waals surface area (Å²) < 4.78 is 46.4. The summed E-state index contributed by atoms with van der Waals surface area (Å²) in [6.45, 7) is 0.212. The highest BCUT2D eigenvalue weighted by atomic mass is 32.2. The zero-order chi connectivity index (χ0) is 18.2. The van der Waals surface area contributed by atoms with Crippen LogP contribution >= 0.6 is 0 Å². The number of rotatable bonds is 5. The van der Waals surface area contributed by atoms with Crippen molar-refractivity contribution in [1.82, 2.24) is 14.1 Å². The van der Waals surface area contributed by atoms with Crippen LogP contribution in [0, 0.1) is 5.82 Å². The van der Waals surface area contributed by atoms with E-state index in [1.165, 1.54) is 24.3 Å². The van der Waals surface area contributed by atoms with Gasteiger partial charge in [0.2, 0.25) is 0 Å². The molecule has 1 unspecified atom stereocenters. The van der Waals surface area contributed by atoms with E-state index in [1.54, 1.807) is 0 Å². The summed E-state index contributed by atoms with van der Waals surface area (Å²) in [4.78, 5) is 22.8. The third-order valence-corrected chi connectivity index (χ3v) is 5.57. The van der Waals surface area contributed by atoms with Gasteiger partial charge in [0.25, 0.3) is 22.0 Å². The molecule has 2 fully saturated rings. The predicted molar refractivity (Wildman–Crippen MR) is 81.1 cm³/mol. The minimum Gasteiger partial charge on any atom is -0.489 e. The van der Waals surface area contributed by atoms with Crippen LogP contribution in [0.25, 0.3) is 0 Å². The van der Waals surface area contributed by atoms with Crippen molar-refractivity contribution in [1.29, 1.82) is 0 Å². The second-order valence-electron chi connectivity index (χ2n) is 5.76. The highest BCUT2D eigenvalue weighted by molar-refractivity contribution is 7.87. The second-order valence-corrected chi connectivity index (χ2v) is 7.47. The van der Waals surface area contributed by atoms with Gasteiger partial charge in [-0.05, 0) is 30.7 Å². The van der Waals surface area contributed by atoms with Gasteiger partial charge in [0.05, 0.1) is 13.0 Å². The smallest absolute Gasteiger partial charge is 0.280 e. The fourth-order valence-electron chi connectivity index (χ4n) is 2.68. The van der Waals surface area contributed by atoms with Crippen LogP contribution in [0.4, 0.5) is 4.39 Å². The summed E-state index contributed by atoms with van der Waals surface area (Å²) in [5.41, 5.74) is 0. The van der Waals surface area contributed by atoms with E-state index in [-0.39, 0.29) is 18.2 Å². The van der Waals surface area contributed by atoms with Crippen molar-refractivity contribution in [3.8, 4) is 5.75 Å². The van der Waals surface area contributed by atoms with Crippen LogP contribution in [0.5, 0.6) is 5.75 Å². The number of ether oxygens (including phenoxy) is 1.